The number of benzene rings is 1. The monoisotopic (exact) mass is 348 g/mol. The minimum absolute atomic E-state index is 0.0974. The van der Waals surface area contributed by atoms with Crippen LogP contribution in [0.1, 0.15) is 48.9 Å². The number of halogens is 1. The van der Waals surface area contributed by atoms with Crippen LogP contribution in [0.15, 0.2) is 42.6 Å². The number of nitrogens with zero attached hydrogens (tertiary/aromatic N) is 1. The maximum atomic E-state index is 13.2. The Bertz CT molecular complexity index is 881. The molecule has 0 bridgehead atoms. The number of carbonyl (C=O) groups is 1. The van der Waals surface area contributed by atoms with Crippen LogP contribution in [0.5, 0.6) is 0 Å². The Morgan fingerprint density at radius 3 is 2.77 bits per heavy atom. The van der Waals surface area contributed by atoms with E-state index in [0.717, 1.165) is 24.1 Å². The lowest BCUT2D eigenvalue weighted by atomic mass is 9.75. The van der Waals surface area contributed by atoms with Crippen molar-refractivity contribution in [2.75, 3.05) is 0 Å². The summed E-state index contributed by atoms with van der Waals surface area (Å²) >= 11 is 0. The molecule has 1 amide bonds. The first-order valence-corrected chi connectivity index (χ1v) is 9.14. The Morgan fingerprint density at radius 2 is 2.00 bits per heavy atom. The summed E-state index contributed by atoms with van der Waals surface area (Å²) < 4.78 is 13.2. The minimum atomic E-state index is -0.297. The number of hydrogen-bond acceptors (Lipinski definition) is 2. The number of nitrogens with one attached hydrogen (secondary N) is 1. The van der Waals surface area contributed by atoms with Gasteiger partial charge < -0.3 is 5.32 Å². The molecule has 132 valence electrons. The molecule has 1 N–H and O–H groups in total. The maximum absolute atomic E-state index is 13.2. The normalized spacial score (nSPS) is 27.2. The highest BCUT2D eigenvalue weighted by atomic mass is 19.1. The van der Waals surface area contributed by atoms with Gasteiger partial charge in [0.1, 0.15) is 5.82 Å². The number of pyridine rings is 1. The van der Waals surface area contributed by atoms with Gasteiger partial charge in [-0.15, -0.1) is 0 Å². The highest BCUT2D eigenvalue weighted by Gasteiger charge is 2.45. The Balaban J connectivity index is 1.52. The molecule has 2 fully saturated rings. The molecule has 2 unspecified atom stereocenters. The van der Waals surface area contributed by atoms with Crippen LogP contribution < -0.4 is 5.32 Å². The molecule has 2 heterocycles. The van der Waals surface area contributed by atoms with Gasteiger partial charge in [0.25, 0.3) is 0 Å². The maximum Gasteiger partial charge on any atom is 0.229 e. The van der Waals surface area contributed by atoms with Crippen molar-refractivity contribution in [3.63, 3.8) is 0 Å². The number of carbonyl (C=O) groups excluding carboxylic acids is 1. The zero-order valence-electron chi connectivity index (χ0n) is 14.7. The van der Waals surface area contributed by atoms with Crippen molar-refractivity contribution < 1.29 is 9.18 Å². The van der Waals surface area contributed by atoms with E-state index in [-0.39, 0.29) is 23.7 Å². The Morgan fingerprint density at radius 1 is 1.15 bits per heavy atom. The summed E-state index contributed by atoms with van der Waals surface area (Å²) in [4.78, 5) is 17.0. The van der Waals surface area contributed by atoms with Crippen LogP contribution >= 0.6 is 0 Å². The predicted octanol–water partition coefficient (Wildman–Crippen LogP) is 3.64. The first-order valence-electron chi connectivity index (χ1n) is 9.14. The van der Waals surface area contributed by atoms with Crippen molar-refractivity contribution >= 4 is 5.91 Å². The third-order valence-corrected chi connectivity index (χ3v) is 5.48. The van der Waals surface area contributed by atoms with E-state index in [1.54, 1.807) is 18.3 Å². The second kappa shape index (κ2) is 6.92. The molecule has 4 atom stereocenters. The molecule has 0 radical (unpaired) electrons. The van der Waals surface area contributed by atoms with Crippen LogP contribution in [0.3, 0.4) is 0 Å². The molecule has 1 aromatic heterocycles. The number of fused-ring (bicyclic) bond motifs is 1. The van der Waals surface area contributed by atoms with Gasteiger partial charge in [-0.2, -0.15) is 0 Å². The van der Waals surface area contributed by atoms with Crippen LogP contribution in [-0.2, 0) is 4.79 Å². The van der Waals surface area contributed by atoms with Crippen molar-refractivity contribution in [3.8, 4) is 11.8 Å². The molecule has 4 rings (SSSR count). The molecule has 26 heavy (non-hydrogen) atoms. The van der Waals surface area contributed by atoms with E-state index in [1.807, 2.05) is 12.1 Å². The largest absolute Gasteiger partial charge is 0.352 e. The van der Waals surface area contributed by atoms with E-state index >= 15 is 0 Å². The fourth-order valence-electron chi connectivity index (χ4n) is 4.16. The van der Waals surface area contributed by atoms with Gasteiger partial charge in [-0.05, 0) is 55.0 Å². The molecule has 1 aromatic carbocycles. The summed E-state index contributed by atoms with van der Waals surface area (Å²) in [5, 5.41) is 3.16. The Kier molecular flexibility index (Phi) is 4.46. The van der Waals surface area contributed by atoms with Gasteiger partial charge in [0.05, 0.1) is 11.6 Å². The van der Waals surface area contributed by atoms with E-state index in [2.05, 4.69) is 29.1 Å². The molecule has 3 nitrogen and oxygen atoms in total. The standard InChI is InChI=1S/C22H21FN2O/c1-14-5-9-18-20(11-14)25-22(26)21(18)19-10-8-16(13-24-19)7-6-15-3-2-4-17(23)12-15/h2-4,8,10,12-14,18,20-21H,5,9,11H2,1H3,(H,25,26)/t14-,18?,20?,21+/m0/s1. The quantitative estimate of drug-likeness (QED) is 0.800. The molecule has 2 aromatic rings. The van der Waals surface area contributed by atoms with Gasteiger partial charge in [-0.1, -0.05) is 31.3 Å². The van der Waals surface area contributed by atoms with Crippen LogP contribution in [0.4, 0.5) is 4.39 Å². The molecule has 1 saturated heterocycles. The number of aromatic nitrogens is 1. The predicted molar refractivity (Wildman–Crippen MR) is 97.8 cm³/mol. The van der Waals surface area contributed by atoms with E-state index < -0.39 is 0 Å². The molecule has 1 aliphatic carbocycles. The molecular formula is C22H21FN2O. The van der Waals surface area contributed by atoms with Gasteiger partial charge >= 0.3 is 0 Å². The first-order chi connectivity index (χ1) is 12.6. The SMILES string of the molecule is C[C@H]1CCC2C(C1)NC(=O)[C@H]2c1ccc(C#Cc2cccc(F)c2)cn1. The van der Waals surface area contributed by atoms with Crippen LogP contribution in [0.2, 0.25) is 0 Å². The summed E-state index contributed by atoms with van der Waals surface area (Å²) in [5.41, 5.74) is 2.20. The second-order valence-corrected chi connectivity index (χ2v) is 7.41. The molecule has 2 aliphatic rings. The zero-order valence-corrected chi connectivity index (χ0v) is 14.7. The summed E-state index contributed by atoms with van der Waals surface area (Å²) in [6, 6.07) is 10.3. The Hall–Kier alpha value is -2.67. The fraction of sp³-hybridized carbons (Fsp3) is 0.364. The van der Waals surface area contributed by atoms with Gasteiger partial charge in [0.2, 0.25) is 5.91 Å². The van der Waals surface area contributed by atoms with Gasteiger partial charge in [-0.25, -0.2) is 4.39 Å². The number of rotatable bonds is 1. The lowest BCUT2D eigenvalue weighted by Crippen LogP contribution is -2.34. The van der Waals surface area contributed by atoms with E-state index in [1.165, 1.54) is 18.6 Å². The second-order valence-electron chi connectivity index (χ2n) is 7.41. The summed E-state index contributed by atoms with van der Waals surface area (Å²) in [7, 11) is 0. The highest BCUT2D eigenvalue weighted by Crippen LogP contribution is 2.42. The van der Waals surface area contributed by atoms with Gasteiger partial charge in [0.15, 0.2) is 0 Å². The molecule has 4 heteroatoms. The topological polar surface area (TPSA) is 42.0 Å². The first kappa shape index (κ1) is 16.8. The van der Waals surface area contributed by atoms with Crippen molar-refractivity contribution in [3.05, 3.63) is 65.2 Å². The van der Waals surface area contributed by atoms with E-state index in [0.29, 0.717) is 17.4 Å². The van der Waals surface area contributed by atoms with Gasteiger partial charge in [0, 0.05) is 23.4 Å². The van der Waals surface area contributed by atoms with Crippen LogP contribution in [-0.4, -0.2) is 16.9 Å². The molecular weight excluding hydrogens is 327 g/mol. The van der Waals surface area contributed by atoms with Gasteiger partial charge in [-0.3, -0.25) is 9.78 Å². The van der Waals surface area contributed by atoms with E-state index in [4.69, 9.17) is 0 Å². The highest BCUT2D eigenvalue weighted by molar-refractivity contribution is 5.86. The van der Waals surface area contributed by atoms with Crippen LogP contribution in [0.25, 0.3) is 0 Å². The van der Waals surface area contributed by atoms with Crippen molar-refractivity contribution in [2.24, 2.45) is 11.8 Å². The average molecular weight is 348 g/mol. The number of hydrogen-bond donors (Lipinski definition) is 1. The molecule has 1 saturated carbocycles. The molecule has 0 spiro atoms. The summed E-state index contributed by atoms with van der Waals surface area (Å²) in [5.74, 6) is 6.60. The lowest BCUT2D eigenvalue weighted by Gasteiger charge is -2.30. The third kappa shape index (κ3) is 3.35. The Labute approximate surface area is 153 Å². The zero-order chi connectivity index (χ0) is 18.1. The minimum Gasteiger partial charge on any atom is -0.352 e. The fourth-order valence-corrected chi connectivity index (χ4v) is 4.16. The lowest BCUT2D eigenvalue weighted by molar-refractivity contribution is -0.120. The van der Waals surface area contributed by atoms with Crippen LogP contribution in [0, 0.1) is 29.5 Å². The smallest absolute Gasteiger partial charge is 0.229 e. The summed E-state index contributed by atoms with van der Waals surface area (Å²) in [6.07, 6.45) is 5.00. The molecule has 1 aliphatic heterocycles. The third-order valence-electron chi connectivity index (χ3n) is 5.48. The van der Waals surface area contributed by atoms with E-state index in [9.17, 15) is 9.18 Å². The van der Waals surface area contributed by atoms with Crippen molar-refractivity contribution in [1.82, 2.24) is 10.3 Å². The summed E-state index contributed by atoms with van der Waals surface area (Å²) in [6.45, 7) is 2.25. The van der Waals surface area contributed by atoms with Crippen molar-refractivity contribution in [2.45, 2.75) is 38.1 Å². The number of amides is 1. The van der Waals surface area contributed by atoms with Crippen molar-refractivity contribution in [1.29, 1.82) is 0 Å². The average Bonchev–Trinajstić information content (AvgIpc) is 2.95.